The average Bonchev–Trinajstić information content (AvgIpc) is 3.42. The number of ether oxygens (including phenoxy) is 2. The number of aromatic nitrogens is 1. The molecule has 0 saturated carbocycles. The lowest BCUT2D eigenvalue weighted by atomic mass is 9.99. The first kappa shape index (κ1) is 18.6. The van der Waals surface area contributed by atoms with Crippen LogP contribution in [0.15, 0.2) is 53.9 Å². The van der Waals surface area contributed by atoms with Crippen LogP contribution in [0.2, 0.25) is 0 Å². The number of benzene rings is 3. The molecule has 1 aliphatic rings. The summed E-state index contributed by atoms with van der Waals surface area (Å²) in [4.78, 5) is 17.6. The van der Waals surface area contributed by atoms with Crippen molar-refractivity contribution in [2.45, 2.75) is 12.8 Å². The molecule has 1 heterocycles. The first-order valence-corrected chi connectivity index (χ1v) is 10.6. The molecule has 0 spiro atoms. The third-order valence-electron chi connectivity index (χ3n) is 5.53. The summed E-state index contributed by atoms with van der Waals surface area (Å²) >= 11 is 1.40. The first-order valence-electron chi connectivity index (χ1n) is 9.70. The monoisotopic (exact) mass is 416 g/mol. The predicted molar refractivity (Wildman–Crippen MR) is 120 cm³/mol. The van der Waals surface area contributed by atoms with Gasteiger partial charge in [-0.2, -0.15) is 0 Å². The number of nitrogens with zero attached hydrogens (tertiary/aromatic N) is 1. The third kappa shape index (κ3) is 3.09. The van der Waals surface area contributed by atoms with Crippen molar-refractivity contribution in [2.75, 3.05) is 19.5 Å². The van der Waals surface area contributed by atoms with E-state index >= 15 is 0 Å². The molecule has 1 aromatic heterocycles. The molecule has 4 aromatic rings. The second-order valence-corrected chi connectivity index (χ2v) is 8.03. The number of anilines is 1. The minimum atomic E-state index is -0.140. The van der Waals surface area contributed by atoms with Gasteiger partial charge < -0.3 is 9.47 Å². The van der Waals surface area contributed by atoms with Crippen LogP contribution >= 0.6 is 11.3 Å². The highest BCUT2D eigenvalue weighted by atomic mass is 32.1. The van der Waals surface area contributed by atoms with Gasteiger partial charge in [0.05, 0.1) is 19.9 Å². The zero-order valence-electron chi connectivity index (χ0n) is 16.7. The van der Waals surface area contributed by atoms with Crippen molar-refractivity contribution >= 4 is 33.1 Å². The predicted octanol–water partition coefficient (Wildman–Crippen LogP) is 5.33. The summed E-state index contributed by atoms with van der Waals surface area (Å²) in [6, 6.07) is 15.8. The number of rotatable bonds is 5. The van der Waals surface area contributed by atoms with Gasteiger partial charge in [-0.1, -0.05) is 24.3 Å². The fourth-order valence-electron chi connectivity index (χ4n) is 4.07. The highest BCUT2D eigenvalue weighted by Crippen LogP contribution is 2.35. The van der Waals surface area contributed by atoms with Crippen LogP contribution in [0.5, 0.6) is 11.5 Å². The molecule has 0 atom stereocenters. The normalized spacial score (nSPS) is 12.2. The molecule has 0 radical (unpaired) electrons. The number of carbonyl (C=O) groups is 1. The summed E-state index contributed by atoms with van der Waals surface area (Å²) in [6.07, 6.45) is 2.08. The minimum absolute atomic E-state index is 0.140. The van der Waals surface area contributed by atoms with E-state index in [2.05, 4.69) is 22.4 Å². The molecule has 0 saturated heterocycles. The zero-order valence-corrected chi connectivity index (χ0v) is 17.5. The maximum Gasteiger partial charge on any atom is 0.258 e. The van der Waals surface area contributed by atoms with E-state index in [1.807, 2.05) is 41.8 Å². The Bertz CT molecular complexity index is 1270. The average molecular weight is 417 g/mol. The summed E-state index contributed by atoms with van der Waals surface area (Å²) in [5, 5.41) is 7.69. The molecule has 0 fully saturated rings. The molecule has 5 rings (SSSR count). The lowest BCUT2D eigenvalue weighted by molar-refractivity contribution is 0.102. The lowest BCUT2D eigenvalue weighted by Crippen LogP contribution is -2.12. The van der Waals surface area contributed by atoms with E-state index in [1.54, 1.807) is 14.2 Å². The molecule has 30 heavy (non-hydrogen) atoms. The molecule has 6 heteroatoms. The molecule has 150 valence electrons. The van der Waals surface area contributed by atoms with Crippen molar-refractivity contribution in [3.05, 3.63) is 70.6 Å². The van der Waals surface area contributed by atoms with Crippen molar-refractivity contribution < 1.29 is 14.3 Å². The van der Waals surface area contributed by atoms with Crippen LogP contribution < -0.4 is 14.8 Å². The highest BCUT2D eigenvalue weighted by Gasteiger charge is 2.19. The highest BCUT2D eigenvalue weighted by molar-refractivity contribution is 7.14. The van der Waals surface area contributed by atoms with Gasteiger partial charge in [-0.05, 0) is 59.0 Å². The Morgan fingerprint density at radius 2 is 1.80 bits per heavy atom. The van der Waals surface area contributed by atoms with E-state index in [4.69, 9.17) is 9.47 Å². The van der Waals surface area contributed by atoms with E-state index in [9.17, 15) is 4.79 Å². The summed E-state index contributed by atoms with van der Waals surface area (Å²) in [5.41, 5.74) is 5.00. The van der Waals surface area contributed by atoms with Crippen LogP contribution in [-0.4, -0.2) is 25.1 Å². The molecule has 0 aliphatic heterocycles. The van der Waals surface area contributed by atoms with E-state index in [1.165, 1.54) is 27.8 Å². The number of aryl methyl sites for hydroxylation is 2. The van der Waals surface area contributed by atoms with E-state index in [0.29, 0.717) is 22.2 Å². The first-order chi connectivity index (χ1) is 14.7. The second-order valence-electron chi connectivity index (χ2n) is 7.17. The zero-order chi connectivity index (χ0) is 20.7. The minimum Gasteiger partial charge on any atom is -0.493 e. The molecule has 1 aliphatic carbocycles. The van der Waals surface area contributed by atoms with Gasteiger partial charge in [0.15, 0.2) is 16.6 Å². The van der Waals surface area contributed by atoms with E-state index < -0.39 is 0 Å². The van der Waals surface area contributed by atoms with Crippen molar-refractivity contribution in [2.24, 2.45) is 0 Å². The molecule has 5 nitrogen and oxygen atoms in total. The van der Waals surface area contributed by atoms with Gasteiger partial charge in [0.1, 0.15) is 0 Å². The van der Waals surface area contributed by atoms with Crippen molar-refractivity contribution in [1.29, 1.82) is 0 Å². The smallest absolute Gasteiger partial charge is 0.258 e. The summed E-state index contributed by atoms with van der Waals surface area (Å²) in [7, 11) is 3.21. The number of thiazole rings is 1. The van der Waals surface area contributed by atoms with E-state index in [-0.39, 0.29) is 5.91 Å². The molecule has 1 amide bonds. The lowest BCUT2D eigenvalue weighted by Gasteiger charge is -2.09. The summed E-state index contributed by atoms with van der Waals surface area (Å²) < 4.78 is 10.7. The Kier molecular flexibility index (Phi) is 4.64. The number of amides is 1. The van der Waals surface area contributed by atoms with Crippen LogP contribution in [0, 0.1) is 0 Å². The number of nitrogens with one attached hydrogen (secondary N) is 1. The van der Waals surface area contributed by atoms with Gasteiger partial charge in [0, 0.05) is 16.5 Å². The van der Waals surface area contributed by atoms with Gasteiger partial charge in [-0.3, -0.25) is 10.1 Å². The quantitative estimate of drug-likeness (QED) is 0.478. The molecule has 0 bridgehead atoms. The Morgan fingerprint density at radius 3 is 2.60 bits per heavy atom. The van der Waals surface area contributed by atoms with Gasteiger partial charge in [-0.25, -0.2) is 4.98 Å². The van der Waals surface area contributed by atoms with Gasteiger partial charge in [-0.15, -0.1) is 11.3 Å². The van der Waals surface area contributed by atoms with E-state index in [0.717, 1.165) is 29.5 Å². The van der Waals surface area contributed by atoms with Crippen molar-refractivity contribution in [3.63, 3.8) is 0 Å². The Labute approximate surface area is 178 Å². The van der Waals surface area contributed by atoms with Crippen LogP contribution in [0.3, 0.4) is 0 Å². The van der Waals surface area contributed by atoms with Crippen LogP contribution in [0.1, 0.15) is 21.5 Å². The fourth-order valence-corrected chi connectivity index (χ4v) is 4.78. The summed E-state index contributed by atoms with van der Waals surface area (Å²) in [6.45, 7) is 0. The second kappa shape index (κ2) is 7.46. The third-order valence-corrected chi connectivity index (χ3v) is 6.28. The van der Waals surface area contributed by atoms with Gasteiger partial charge in [0.2, 0.25) is 0 Å². The molecule has 1 N–H and O–H groups in total. The standard InChI is InChI=1S/C24H20N2O3S/c1-28-20-11-9-16(12-21(20)29-2)19-13-30-24(25-19)26-23(27)18-10-8-15-7-6-14-4-3-5-17(18)22(14)15/h3-5,8-13H,6-7H2,1-2H3,(H,25,26,27). The van der Waals surface area contributed by atoms with Gasteiger partial charge in [0.25, 0.3) is 5.91 Å². The number of carbonyl (C=O) groups excluding carboxylic acids is 1. The number of methoxy groups -OCH3 is 2. The summed E-state index contributed by atoms with van der Waals surface area (Å²) in [5.74, 6) is 1.16. The maximum absolute atomic E-state index is 13.0. The maximum atomic E-state index is 13.0. The van der Waals surface area contributed by atoms with Crippen molar-refractivity contribution in [1.82, 2.24) is 4.98 Å². The molecule has 0 unspecified atom stereocenters. The SMILES string of the molecule is COc1ccc(-c2csc(NC(=O)c3ccc4c5c(cccc35)CC4)n2)cc1OC. The Morgan fingerprint density at radius 1 is 1.00 bits per heavy atom. The fraction of sp³-hybridized carbons (Fsp3) is 0.167. The number of hydrogen-bond donors (Lipinski definition) is 1. The van der Waals surface area contributed by atoms with Crippen LogP contribution in [0.4, 0.5) is 5.13 Å². The molecule has 3 aromatic carbocycles. The number of hydrogen-bond acceptors (Lipinski definition) is 5. The Balaban J connectivity index is 1.43. The van der Waals surface area contributed by atoms with Crippen LogP contribution in [0.25, 0.3) is 22.0 Å². The topological polar surface area (TPSA) is 60.5 Å². The van der Waals surface area contributed by atoms with Crippen LogP contribution in [-0.2, 0) is 12.8 Å². The molecular weight excluding hydrogens is 396 g/mol. The Hall–Kier alpha value is -3.38. The largest absolute Gasteiger partial charge is 0.493 e. The molecular formula is C24H20N2O3S. The van der Waals surface area contributed by atoms with Crippen molar-refractivity contribution in [3.8, 4) is 22.8 Å². The van der Waals surface area contributed by atoms with Gasteiger partial charge >= 0.3 is 0 Å².